The zero-order valence-corrected chi connectivity index (χ0v) is 10.9. The van der Waals surface area contributed by atoms with Gasteiger partial charge >= 0.3 is 0 Å². The van der Waals surface area contributed by atoms with Crippen molar-refractivity contribution in [3.63, 3.8) is 0 Å². The predicted molar refractivity (Wildman–Crippen MR) is 75.9 cm³/mol. The van der Waals surface area contributed by atoms with Gasteiger partial charge in [0, 0.05) is 12.3 Å². The predicted octanol–water partition coefficient (Wildman–Crippen LogP) is 3.18. The van der Waals surface area contributed by atoms with Gasteiger partial charge in [-0.05, 0) is 43.6 Å². The second kappa shape index (κ2) is 5.66. The Morgan fingerprint density at radius 2 is 2.11 bits per heavy atom. The van der Waals surface area contributed by atoms with Gasteiger partial charge in [0.05, 0.1) is 6.17 Å². The van der Waals surface area contributed by atoms with Crippen LogP contribution in [0.5, 0.6) is 0 Å². The Bertz CT molecular complexity index is 387. The van der Waals surface area contributed by atoms with E-state index in [2.05, 4.69) is 46.9 Å². The number of fused-ring (bicyclic) bond motifs is 1. The summed E-state index contributed by atoms with van der Waals surface area (Å²) in [6.45, 7) is 0. The SMILES string of the molecule is C(CCc1ccccc1)=NC1CC2CCCC2N1. The molecule has 1 heterocycles. The van der Waals surface area contributed by atoms with Crippen LogP contribution in [0, 0.1) is 5.92 Å². The normalized spacial score (nSPS) is 31.0. The molecule has 1 aliphatic heterocycles. The zero-order valence-electron chi connectivity index (χ0n) is 10.9. The van der Waals surface area contributed by atoms with Crippen LogP contribution in [0.1, 0.15) is 37.7 Å². The Morgan fingerprint density at radius 3 is 2.94 bits per heavy atom. The van der Waals surface area contributed by atoms with Crippen LogP contribution in [0.4, 0.5) is 0 Å². The van der Waals surface area contributed by atoms with Gasteiger partial charge in [-0.3, -0.25) is 10.3 Å². The average Bonchev–Trinajstić information content (AvgIpc) is 2.96. The van der Waals surface area contributed by atoms with Gasteiger partial charge in [-0.25, -0.2) is 0 Å². The van der Waals surface area contributed by atoms with Crippen LogP contribution in [0.3, 0.4) is 0 Å². The first-order valence-electron chi connectivity index (χ1n) is 7.23. The van der Waals surface area contributed by atoms with Crippen molar-refractivity contribution in [1.82, 2.24) is 5.32 Å². The van der Waals surface area contributed by atoms with Crippen molar-refractivity contribution >= 4 is 6.21 Å². The number of hydrogen-bond acceptors (Lipinski definition) is 2. The second-order valence-corrected chi connectivity index (χ2v) is 5.57. The van der Waals surface area contributed by atoms with Crippen LogP contribution in [-0.2, 0) is 6.42 Å². The molecule has 1 aromatic rings. The molecule has 0 spiro atoms. The lowest BCUT2D eigenvalue weighted by Gasteiger charge is -2.07. The number of nitrogens with one attached hydrogen (secondary N) is 1. The maximum Gasteiger partial charge on any atom is 0.0995 e. The van der Waals surface area contributed by atoms with E-state index in [9.17, 15) is 0 Å². The average molecular weight is 242 g/mol. The molecule has 0 bridgehead atoms. The molecule has 1 aliphatic carbocycles. The fourth-order valence-corrected chi connectivity index (χ4v) is 3.32. The molecule has 3 unspecified atom stereocenters. The first-order valence-corrected chi connectivity index (χ1v) is 7.23. The molecule has 2 fully saturated rings. The quantitative estimate of drug-likeness (QED) is 0.806. The van der Waals surface area contributed by atoms with Crippen molar-refractivity contribution in [3.05, 3.63) is 35.9 Å². The van der Waals surface area contributed by atoms with Gasteiger partial charge in [-0.1, -0.05) is 36.8 Å². The van der Waals surface area contributed by atoms with E-state index in [1.165, 1.54) is 31.2 Å². The van der Waals surface area contributed by atoms with E-state index in [1.54, 1.807) is 0 Å². The van der Waals surface area contributed by atoms with Crippen molar-refractivity contribution in [2.45, 2.75) is 50.7 Å². The lowest BCUT2D eigenvalue weighted by Crippen LogP contribution is -2.27. The summed E-state index contributed by atoms with van der Waals surface area (Å²) in [6.07, 6.45) is 10.1. The summed E-state index contributed by atoms with van der Waals surface area (Å²) in [5.74, 6) is 0.904. The number of nitrogens with zero attached hydrogens (tertiary/aromatic N) is 1. The molecule has 3 rings (SSSR count). The van der Waals surface area contributed by atoms with E-state index in [-0.39, 0.29) is 0 Å². The lowest BCUT2D eigenvalue weighted by molar-refractivity contribution is 0.517. The summed E-state index contributed by atoms with van der Waals surface area (Å²) in [6, 6.07) is 11.4. The molecule has 18 heavy (non-hydrogen) atoms. The van der Waals surface area contributed by atoms with Crippen LogP contribution >= 0.6 is 0 Å². The number of aryl methyl sites for hydroxylation is 1. The highest BCUT2D eigenvalue weighted by Gasteiger charge is 2.36. The number of hydrogen-bond donors (Lipinski definition) is 1. The summed E-state index contributed by atoms with van der Waals surface area (Å²) in [5, 5.41) is 3.65. The molecule has 0 amide bonds. The van der Waals surface area contributed by atoms with E-state index < -0.39 is 0 Å². The van der Waals surface area contributed by atoms with E-state index in [1.807, 2.05) is 0 Å². The highest BCUT2D eigenvalue weighted by molar-refractivity contribution is 5.58. The van der Waals surface area contributed by atoms with Crippen LogP contribution in [-0.4, -0.2) is 18.4 Å². The Hall–Kier alpha value is -1.15. The molecule has 1 saturated heterocycles. The molecule has 1 saturated carbocycles. The van der Waals surface area contributed by atoms with Crippen LogP contribution in [0.15, 0.2) is 35.3 Å². The van der Waals surface area contributed by atoms with Crippen molar-refractivity contribution in [3.8, 4) is 0 Å². The number of benzene rings is 1. The monoisotopic (exact) mass is 242 g/mol. The van der Waals surface area contributed by atoms with Gasteiger partial charge in [-0.15, -0.1) is 0 Å². The standard InChI is InChI=1S/C16H22N2/c1-2-6-13(7-3-1)8-5-11-17-16-12-14-9-4-10-15(14)18-16/h1-3,6-7,11,14-16,18H,4-5,8-10,12H2. The van der Waals surface area contributed by atoms with Gasteiger partial charge in [0.15, 0.2) is 0 Å². The highest BCUT2D eigenvalue weighted by Crippen LogP contribution is 2.34. The molecule has 1 N–H and O–H groups in total. The molecule has 2 aliphatic rings. The third kappa shape index (κ3) is 2.81. The molecule has 96 valence electrons. The number of aliphatic imine (C=N–C) groups is 1. The van der Waals surface area contributed by atoms with Gasteiger partial charge in [-0.2, -0.15) is 0 Å². The van der Waals surface area contributed by atoms with E-state index in [0.29, 0.717) is 6.17 Å². The highest BCUT2D eigenvalue weighted by atomic mass is 15.1. The molecule has 3 atom stereocenters. The second-order valence-electron chi connectivity index (χ2n) is 5.57. The van der Waals surface area contributed by atoms with Gasteiger partial charge in [0.1, 0.15) is 0 Å². The molecular formula is C16H22N2. The number of rotatable bonds is 4. The Kier molecular flexibility index (Phi) is 3.75. The van der Waals surface area contributed by atoms with Crippen molar-refractivity contribution < 1.29 is 0 Å². The fourth-order valence-electron chi connectivity index (χ4n) is 3.32. The Labute approximate surface area is 110 Å². The van der Waals surface area contributed by atoms with Gasteiger partial charge in [0.2, 0.25) is 0 Å². The maximum atomic E-state index is 4.68. The third-order valence-electron chi connectivity index (χ3n) is 4.28. The minimum Gasteiger partial charge on any atom is -0.293 e. The molecule has 2 nitrogen and oxygen atoms in total. The van der Waals surface area contributed by atoms with Crippen molar-refractivity contribution in [2.75, 3.05) is 0 Å². The summed E-state index contributed by atoms with van der Waals surface area (Å²) in [7, 11) is 0. The van der Waals surface area contributed by atoms with Crippen LogP contribution in [0.25, 0.3) is 0 Å². The lowest BCUT2D eigenvalue weighted by atomic mass is 10.0. The van der Waals surface area contributed by atoms with Gasteiger partial charge in [0.25, 0.3) is 0 Å². The third-order valence-corrected chi connectivity index (χ3v) is 4.28. The molecular weight excluding hydrogens is 220 g/mol. The van der Waals surface area contributed by atoms with E-state index in [0.717, 1.165) is 24.8 Å². The summed E-state index contributed by atoms with van der Waals surface area (Å²) in [5.41, 5.74) is 1.40. The summed E-state index contributed by atoms with van der Waals surface area (Å²) >= 11 is 0. The summed E-state index contributed by atoms with van der Waals surface area (Å²) in [4.78, 5) is 4.68. The zero-order chi connectivity index (χ0) is 12.2. The van der Waals surface area contributed by atoms with E-state index >= 15 is 0 Å². The largest absolute Gasteiger partial charge is 0.293 e. The molecule has 0 aromatic heterocycles. The van der Waals surface area contributed by atoms with Crippen molar-refractivity contribution in [1.29, 1.82) is 0 Å². The fraction of sp³-hybridized carbons (Fsp3) is 0.562. The molecule has 1 aromatic carbocycles. The molecule has 0 radical (unpaired) electrons. The van der Waals surface area contributed by atoms with Crippen molar-refractivity contribution in [2.24, 2.45) is 10.9 Å². The first-order chi connectivity index (χ1) is 8.92. The smallest absolute Gasteiger partial charge is 0.0995 e. The van der Waals surface area contributed by atoms with Crippen LogP contribution < -0.4 is 5.32 Å². The Balaban J connectivity index is 1.42. The minimum absolute atomic E-state index is 0.399. The first kappa shape index (κ1) is 11.9. The van der Waals surface area contributed by atoms with Gasteiger partial charge < -0.3 is 0 Å². The minimum atomic E-state index is 0.399. The topological polar surface area (TPSA) is 24.4 Å². The Morgan fingerprint density at radius 1 is 1.22 bits per heavy atom. The molecule has 2 heteroatoms. The maximum absolute atomic E-state index is 4.68. The van der Waals surface area contributed by atoms with E-state index in [4.69, 9.17) is 0 Å². The van der Waals surface area contributed by atoms with Crippen LogP contribution in [0.2, 0.25) is 0 Å². The summed E-state index contributed by atoms with van der Waals surface area (Å²) < 4.78 is 0.